The van der Waals surface area contributed by atoms with E-state index in [-0.39, 0.29) is 12.0 Å². The van der Waals surface area contributed by atoms with Crippen LogP contribution < -0.4 is 9.47 Å². The Labute approximate surface area is 168 Å². The van der Waals surface area contributed by atoms with Crippen molar-refractivity contribution < 1.29 is 19.0 Å². The third kappa shape index (κ3) is 4.94. The minimum Gasteiger partial charge on any atom is -0.496 e. The normalized spacial score (nSPS) is 11.1. The van der Waals surface area contributed by atoms with Gasteiger partial charge in [-0.3, -0.25) is 0 Å². The molecular weight excluding hydrogens is 352 g/mol. The summed E-state index contributed by atoms with van der Waals surface area (Å²) in [5, 5.41) is 0. The maximum atomic E-state index is 11.4. The average molecular weight is 383 g/mol. The first-order valence-corrected chi connectivity index (χ1v) is 9.38. The fourth-order valence-electron chi connectivity index (χ4n) is 3.04. The van der Waals surface area contributed by atoms with Crippen LogP contribution in [0.25, 0.3) is 0 Å². The number of hydrogen-bond acceptors (Lipinski definition) is 4. The number of ether oxygens (including phenoxy) is 3. The molecule has 2 aromatic carbocycles. The van der Waals surface area contributed by atoms with Crippen molar-refractivity contribution in [2.45, 2.75) is 40.0 Å². The zero-order valence-electron chi connectivity index (χ0n) is 17.7. The van der Waals surface area contributed by atoms with Crippen molar-refractivity contribution in [2.75, 3.05) is 20.3 Å². The molecule has 0 aliphatic carbocycles. The van der Waals surface area contributed by atoms with E-state index in [4.69, 9.17) is 14.2 Å². The Hall–Kier alpha value is -2.75. The standard InChI is InChI=1S/C24H30O4/c1-16(2)23(25)28-13-12-27-22-11-9-20(15-18(22)4)24(5,6)19-8-10-21(26-7)17(3)14-19/h8-11,14-15H,1,12-13H2,2-7H3. The van der Waals surface area contributed by atoms with Gasteiger partial charge in [-0.15, -0.1) is 0 Å². The summed E-state index contributed by atoms with van der Waals surface area (Å²) in [6, 6.07) is 12.5. The predicted molar refractivity (Wildman–Crippen MR) is 112 cm³/mol. The molecule has 0 radical (unpaired) electrons. The molecule has 4 nitrogen and oxygen atoms in total. The van der Waals surface area contributed by atoms with E-state index in [9.17, 15) is 4.79 Å². The van der Waals surface area contributed by atoms with Crippen molar-refractivity contribution in [3.8, 4) is 11.5 Å². The van der Waals surface area contributed by atoms with Gasteiger partial charge >= 0.3 is 5.97 Å². The van der Waals surface area contributed by atoms with Crippen LogP contribution in [0.3, 0.4) is 0 Å². The van der Waals surface area contributed by atoms with Crippen LogP contribution in [0.15, 0.2) is 48.6 Å². The SMILES string of the molecule is C=C(C)C(=O)OCCOc1ccc(C(C)(C)c2ccc(OC)c(C)c2)cc1C. The first-order chi connectivity index (χ1) is 13.2. The average Bonchev–Trinajstić information content (AvgIpc) is 2.65. The second kappa shape index (κ2) is 8.96. The largest absolute Gasteiger partial charge is 0.496 e. The Bertz CT molecular complexity index is 865. The van der Waals surface area contributed by atoms with Crippen molar-refractivity contribution in [3.63, 3.8) is 0 Å². The fraction of sp³-hybridized carbons (Fsp3) is 0.375. The highest BCUT2D eigenvalue weighted by atomic mass is 16.6. The number of esters is 1. The quantitative estimate of drug-likeness (QED) is 0.360. The van der Waals surface area contributed by atoms with Crippen molar-refractivity contribution in [1.82, 2.24) is 0 Å². The summed E-state index contributed by atoms with van der Waals surface area (Å²) in [6.07, 6.45) is 0. The molecule has 2 aromatic rings. The Morgan fingerprint density at radius 1 is 0.964 bits per heavy atom. The van der Waals surface area contributed by atoms with E-state index in [0.717, 1.165) is 22.6 Å². The van der Waals surface area contributed by atoms with Crippen LogP contribution in [0.2, 0.25) is 0 Å². The van der Waals surface area contributed by atoms with E-state index >= 15 is 0 Å². The van der Waals surface area contributed by atoms with Crippen molar-refractivity contribution in [2.24, 2.45) is 0 Å². The van der Waals surface area contributed by atoms with Gasteiger partial charge in [-0.05, 0) is 55.2 Å². The monoisotopic (exact) mass is 382 g/mol. The molecule has 0 aliphatic heterocycles. The van der Waals surface area contributed by atoms with Crippen LogP contribution >= 0.6 is 0 Å². The van der Waals surface area contributed by atoms with Crippen molar-refractivity contribution in [3.05, 3.63) is 70.8 Å². The molecule has 0 aliphatic rings. The molecule has 0 fully saturated rings. The lowest BCUT2D eigenvalue weighted by atomic mass is 9.77. The number of carbonyl (C=O) groups excluding carboxylic acids is 1. The van der Waals surface area contributed by atoms with Crippen LogP contribution in [-0.4, -0.2) is 26.3 Å². The van der Waals surface area contributed by atoms with Crippen molar-refractivity contribution >= 4 is 5.97 Å². The summed E-state index contributed by atoms with van der Waals surface area (Å²) in [5.41, 5.74) is 4.82. The van der Waals surface area contributed by atoms with E-state index in [1.165, 1.54) is 11.1 Å². The smallest absolute Gasteiger partial charge is 0.333 e. The van der Waals surface area contributed by atoms with E-state index in [2.05, 4.69) is 51.6 Å². The number of methoxy groups -OCH3 is 1. The molecule has 0 amide bonds. The van der Waals surface area contributed by atoms with Gasteiger partial charge in [-0.25, -0.2) is 4.79 Å². The number of aryl methyl sites for hydroxylation is 2. The lowest BCUT2D eigenvalue weighted by Crippen LogP contribution is -2.19. The fourth-order valence-corrected chi connectivity index (χ4v) is 3.04. The molecule has 28 heavy (non-hydrogen) atoms. The Morgan fingerprint density at radius 3 is 1.96 bits per heavy atom. The predicted octanol–water partition coefficient (Wildman–Crippen LogP) is 5.14. The first kappa shape index (κ1) is 21.5. The highest BCUT2D eigenvalue weighted by Crippen LogP contribution is 2.35. The lowest BCUT2D eigenvalue weighted by Gasteiger charge is -2.27. The summed E-state index contributed by atoms with van der Waals surface area (Å²) in [7, 11) is 1.69. The highest BCUT2D eigenvalue weighted by molar-refractivity contribution is 5.86. The highest BCUT2D eigenvalue weighted by Gasteiger charge is 2.24. The summed E-state index contributed by atoms with van der Waals surface area (Å²) < 4.78 is 16.2. The topological polar surface area (TPSA) is 44.8 Å². The second-order valence-electron chi connectivity index (χ2n) is 7.55. The summed E-state index contributed by atoms with van der Waals surface area (Å²) in [4.78, 5) is 11.4. The molecule has 0 bridgehead atoms. The third-order valence-corrected chi connectivity index (χ3v) is 4.94. The van der Waals surface area contributed by atoms with Gasteiger partial charge in [0, 0.05) is 11.0 Å². The van der Waals surface area contributed by atoms with E-state index in [1.54, 1.807) is 14.0 Å². The van der Waals surface area contributed by atoms with E-state index in [0.29, 0.717) is 12.2 Å². The molecule has 0 unspecified atom stereocenters. The molecule has 0 spiro atoms. The first-order valence-electron chi connectivity index (χ1n) is 9.38. The van der Waals surface area contributed by atoms with E-state index < -0.39 is 5.97 Å². The number of benzene rings is 2. The number of rotatable bonds is 8. The lowest BCUT2D eigenvalue weighted by molar-refractivity contribution is -0.139. The molecule has 0 N–H and O–H groups in total. The minimum absolute atomic E-state index is 0.155. The maximum absolute atomic E-state index is 11.4. The van der Waals surface area contributed by atoms with Crippen LogP contribution in [0, 0.1) is 13.8 Å². The Kier molecular flexibility index (Phi) is 6.90. The third-order valence-electron chi connectivity index (χ3n) is 4.94. The summed E-state index contributed by atoms with van der Waals surface area (Å²) in [5.74, 6) is 1.29. The van der Waals surface area contributed by atoms with Gasteiger partial charge in [0.2, 0.25) is 0 Å². The van der Waals surface area contributed by atoms with Gasteiger partial charge in [-0.1, -0.05) is 44.7 Å². The van der Waals surface area contributed by atoms with Gasteiger partial charge < -0.3 is 14.2 Å². The summed E-state index contributed by atoms with van der Waals surface area (Å²) >= 11 is 0. The van der Waals surface area contributed by atoms with Gasteiger partial charge in [0.25, 0.3) is 0 Å². The molecule has 0 heterocycles. The van der Waals surface area contributed by atoms with Gasteiger partial charge in [0.1, 0.15) is 24.7 Å². The van der Waals surface area contributed by atoms with Gasteiger partial charge in [0.15, 0.2) is 0 Å². The second-order valence-corrected chi connectivity index (χ2v) is 7.55. The molecule has 0 aromatic heterocycles. The number of hydrogen-bond donors (Lipinski definition) is 0. The van der Waals surface area contributed by atoms with Crippen LogP contribution in [0.4, 0.5) is 0 Å². The maximum Gasteiger partial charge on any atom is 0.333 e. The van der Waals surface area contributed by atoms with Crippen molar-refractivity contribution in [1.29, 1.82) is 0 Å². The molecule has 0 saturated heterocycles. The van der Waals surface area contributed by atoms with E-state index in [1.807, 2.05) is 19.1 Å². The van der Waals surface area contributed by atoms with Gasteiger partial charge in [-0.2, -0.15) is 0 Å². The molecule has 0 atom stereocenters. The zero-order valence-corrected chi connectivity index (χ0v) is 17.7. The Balaban J connectivity index is 2.11. The van der Waals surface area contributed by atoms with Crippen LogP contribution in [0.5, 0.6) is 11.5 Å². The molecular formula is C24H30O4. The van der Waals surface area contributed by atoms with Crippen LogP contribution in [0.1, 0.15) is 43.0 Å². The van der Waals surface area contributed by atoms with Gasteiger partial charge in [0.05, 0.1) is 7.11 Å². The molecule has 150 valence electrons. The molecule has 4 heteroatoms. The summed E-state index contributed by atoms with van der Waals surface area (Å²) in [6.45, 7) is 14.2. The molecule has 0 saturated carbocycles. The zero-order chi connectivity index (χ0) is 20.9. The number of carbonyl (C=O) groups is 1. The molecule has 2 rings (SSSR count). The Morgan fingerprint density at radius 2 is 1.50 bits per heavy atom. The van der Waals surface area contributed by atoms with Crippen LogP contribution in [-0.2, 0) is 14.9 Å². The minimum atomic E-state index is -0.396.